The molecule has 0 fully saturated rings. The van der Waals surface area contributed by atoms with E-state index in [1.165, 1.54) is 0 Å². The van der Waals surface area contributed by atoms with Crippen LogP contribution in [-0.2, 0) is 5.41 Å². The Morgan fingerprint density at radius 1 is 0.575 bits per heavy atom. The van der Waals surface area contributed by atoms with Crippen LogP contribution < -0.4 is 0 Å². The fraction of sp³-hybridized carbons (Fsp3) is 0.0833. The highest BCUT2D eigenvalue weighted by atomic mass is 15.2. The van der Waals surface area contributed by atoms with Crippen molar-refractivity contribution in [3.63, 3.8) is 0 Å². The van der Waals surface area contributed by atoms with Gasteiger partial charge in [0.25, 0.3) is 0 Å². The zero-order valence-electron chi connectivity index (χ0n) is 45.8. The highest BCUT2D eigenvalue weighted by Crippen LogP contribution is 2.50. The van der Waals surface area contributed by atoms with Gasteiger partial charge in [-0.3, -0.25) is 4.57 Å². The van der Waals surface area contributed by atoms with Crippen molar-refractivity contribution in [3.8, 4) is 39.9 Å². The molecule has 2 heterocycles. The van der Waals surface area contributed by atoms with E-state index in [-0.39, 0.29) is 0 Å². The summed E-state index contributed by atoms with van der Waals surface area (Å²) in [6, 6.07) is -19.1. The molecular weight excluding hydrogens is 488 g/mol. The van der Waals surface area contributed by atoms with Crippen LogP contribution in [0.25, 0.3) is 61.7 Å². The average Bonchev–Trinajstić information content (AvgIpc) is 3.80. The Kier molecular flexibility index (Phi) is 1.84. The second-order valence-corrected chi connectivity index (χ2v) is 8.57. The maximum atomic E-state index is 9.89. The van der Waals surface area contributed by atoms with Crippen LogP contribution in [0.4, 0.5) is 0 Å². The molecule has 0 aliphatic heterocycles. The van der Waals surface area contributed by atoms with Gasteiger partial charge in [0, 0.05) is 35.5 Å². The Morgan fingerprint density at radius 2 is 1.20 bits per heavy atom. The summed E-state index contributed by atoms with van der Waals surface area (Å²) in [5, 5.41) is -1.27. The smallest absolute Gasteiger partial charge is 0.238 e. The number of benzene rings is 5. The molecule has 0 saturated carbocycles. The van der Waals surface area contributed by atoms with E-state index in [1.54, 1.807) is 0 Å². The highest BCUT2D eigenvalue weighted by molar-refractivity contribution is 6.11. The summed E-state index contributed by atoms with van der Waals surface area (Å²) in [7, 11) is 0. The summed E-state index contributed by atoms with van der Waals surface area (Å²) in [5.41, 5.74) is -10.2. The molecule has 4 heteroatoms. The van der Waals surface area contributed by atoms with Gasteiger partial charge in [0.2, 0.25) is 5.95 Å². The first-order valence-electron chi connectivity index (χ1n) is 24.5. The van der Waals surface area contributed by atoms with Gasteiger partial charge in [-0.2, -0.15) is 9.97 Å². The van der Waals surface area contributed by atoms with Gasteiger partial charge < -0.3 is 0 Å². The number of hydrogen-bond donors (Lipinski definition) is 0. The summed E-state index contributed by atoms with van der Waals surface area (Å²) in [5.74, 6) is -2.70. The van der Waals surface area contributed by atoms with E-state index in [0.717, 1.165) is 0 Å². The number of para-hydroxylation sites is 1. The molecule has 190 valence electrons. The Hall–Kier alpha value is -5.09. The summed E-state index contributed by atoms with van der Waals surface area (Å²) >= 11 is 0. The van der Waals surface area contributed by atoms with Crippen molar-refractivity contribution in [2.75, 3.05) is 0 Å². The zero-order valence-corrected chi connectivity index (χ0v) is 19.8. The number of fused-ring (bicyclic) bond motifs is 6. The van der Waals surface area contributed by atoms with E-state index in [4.69, 9.17) is 32.9 Å². The predicted octanol–water partition coefficient (Wildman–Crippen LogP) is 8.61. The molecule has 0 amide bonds. The van der Waals surface area contributed by atoms with Crippen molar-refractivity contribution in [3.05, 3.63) is 132 Å². The van der Waals surface area contributed by atoms with Crippen LogP contribution in [-0.4, -0.2) is 19.5 Å². The lowest BCUT2D eigenvalue weighted by Crippen LogP contribution is -2.15. The number of aromatic nitrogens is 4. The van der Waals surface area contributed by atoms with E-state index >= 15 is 0 Å². The Labute approximate surface area is 269 Å². The van der Waals surface area contributed by atoms with Gasteiger partial charge in [-0.25, -0.2) is 4.98 Å². The molecule has 0 atom stereocenters. The minimum Gasteiger partial charge on any atom is -0.278 e. The second-order valence-electron chi connectivity index (χ2n) is 8.57. The number of hydrogen-bond acceptors (Lipinski definition) is 3. The van der Waals surface area contributed by atoms with E-state index < -0.39 is 213 Å². The molecule has 8 rings (SSSR count). The normalized spacial score (nSPS) is 23.3. The van der Waals surface area contributed by atoms with Crippen molar-refractivity contribution in [1.82, 2.24) is 19.5 Å². The minimum atomic E-state index is -3.83. The summed E-state index contributed by atoms with van der Waals surface area (Å²) in [6.07, 6.45) is 0. The maximum absolute atomic E-state index is 9.89. The van der Waals surface area contributed by atoms with E-state index in [2.05, 4.69) is 15.0 Å². The van der Waals surface area contributed by atoms with E-state index in [0.29, 0.717) is 4.57 Å². The van der Waals surface area contributed by atoms with Crippen LogP contribution in [0.15, 0.2) is 121 Å². The first kappa shape index (κ1) is 8.70. The lowest BCUT2D eigenvalue weighted by atomic mass is 9.82. The monoisotopic (exact) mass is 540 g/mol. The lowest BCUT2D eigenvalue weighted by molar-refractivity contribution is 0.661. The van der Waals surface area contributed by atoms with Crippen molar-refractivity contribution in [2.45, 2.75) is 19.1 Å². The third-order valence-electron chi connectivity index (χ3n) is 6.30. The molecule has 0 radical (unpaired) electrons. The van der Waals surface area contributed by atoms with Crippen molar-refractivity contribution in [1.29, 1.82) is 0 Å². The van der Waals surface area contributed by atoms with E-state index in [1.807, 2.05) is 0 Å². The molecule has 0 saturated heterocycles. The molecular formula is C36H26N4. The second kappa shape index (κ2) is 8.45. The van der Waals surface area contributed by atoms with Crippen LogP contribution in [0.3, 0.4) is 0 Å². The quantitative estimate of drug-likeness (QED) is 0.225. The molecule has 40 heavy (non-hydrogen) atoms. The first-order valence-corrected chi connectivity index (χ1v) is 11.5. The number of rotatable bonds is 3. The SMILES string of the molecule is [2H]c1c([2H])c([2H])c(-c2nc(-c3c([2H])c([2H])c([2H])c([2H])c3[2H])nc(-n3c4c([2H])c([2H])c([2H])c([2H])c4c4c([2H])c5c(c([2H])c43)C(C([2H])([2H])[2H])(C([2H])([2H])[2H])c3c([2H])c([2H])c([2H])c([2H])c3-5)n2)c([2H])c1[2H]. The van der Waals surface area contributed by atoms with Gasteiger partial charge in [0.05, 0.1) is 38.4 Å². The first-order chi connectivity index (χ1) is 30.4. The molecule has 1 aliphatic carbocycles. The molecule has 7 aromatic rings. The number of nitrogens with zero attached hydrogens (tertiary/aromatic N) is 4. The standard InChI is InChI=1S/C36H26N4/c1-36(2)29-19-11-9-17-25(29)27-21-28-26-18-10-12-20-31(26)40(32(28)22-30(27)36)35-38-33(23-13-5-3-6-14-23)37-34(39-35)24-15-7-4-8-16-24/h3-22H,1-2H3/i1D3,2D3,3D,4D,5D,6D,7D,8D,9D,10D,11D,12D,13D,14D,15D,16D,17D,18D,19D,20D,21D,22D. The van der Waals surface area contributed by atoms with Crippen LogP contribution >= 0.6 is 0 Å². The fourth-order valence-corrected chi connectivity index (χ4v) is 4.59. The lowest BCUT2D eigenvalue weighted by Gasteiger charge is -2.21. The Bertz CT molecular complexity index is 3250. The Morgan fingerprint density at radius 3 is 1.90 bits per heavy atom. The van der Waals surface area contributed by atoms with Crippen LogP contribution in [0, 0.1) is 0 Å². The summed E-state index contributed by atoms with van der Waals surface area (Å²) in [6.45, 7) is -7.66. The van der Waals surface area contributed by atoms with Crippen molar-refractivity contribution in [2.24, 2.45) is 0 Å². The molecule has 0 bridgehead atoms. The van der Waals surface area contributed by atoms with Gasteiger partial charge in [-0.05, 0) is 40.4 Å². The Balaban J connectivity index is 1.72. The average molecular weight is 541 g/mol. The minimum absolute atomic E-state index is 0.617. The van der Waals surface area contributed by atoms with Gasteiger partial charge in [0.1, 0.15) is 0 Å². The van der Waals surface area contributed by atoms with Gasteiger partial charge in [-0.15, -0.1) is 0 Å². The molecule has 5 aromatic carbocycles. The van der Waals surface area contributed by atoms with Crippen LogP contribution in [0.2, 0.25) is 0 Å². The van der Waals surface area contributed by atoms with Crippen molar-refractivity contribution >= 4 is 21.8 Å². The van der Waals surface area contributed by atoms with Gasteiger partial charge in [0.15, 0.2) is 11.6 Å². The van der Waals surface area contributed by atoms with Crippen molar-refractivity contribution < 1.29 is 35.6 Å². The largest absolute Gasteiger partial charge is 0.278 e. The highest BCUT2D eigenvalue weighted by Gasteiger charge is 2.36. The summed E-state index contributed by atoms with van der Waals surface area (Å²) < 4.78 is 228. The van der Waals surface area contributed by atoms with E-state index in [9.17, 15) is 2.74 Å². The van der Waals surface area contributed by atoms with Gasteiger partial charge in [-0.1, -0.05) is 116 Å². The molecule has 1 aliphatic rings. The third kappa shape index (κ3) is 3.29. The van der Waals surface area contributed by atoms with Gasteiger partial charge >= 0.3 is 0 Å². The van der Waals surface area contributed by atoms with Crippen LogP contribution in [0.5, 0.6) is 0 Å². The molecule has 0 N–H and O–H groups in total. The molecule has 4 nitrogen and oxygen atoms in total. The third-order valence-corrected chi connectivity index (χ3v) is 6.30. The molecule has 0 unspecified atom stereocenters. The fourth-order valence-electron chi connectivity index (χ4n) is 4.59. The topological polar surface area (TPSA) is 43.6 Å². The molecule has 0 spiro atoms. The maximum Gasteiger partial charge on any atom is 0.238 e. The van der Waals surface area contributed by atoms with Crippen LogP contribution in [0.1, 0.15) is 60.5 Å². The molecule has 2 aromatic heterocycles. The summed E-state index contributed by atoms with van der Waals surface area (Å²) in [4.78, 5) is 12.9. The predicted molar refractivity (Wildman–Crippen MR) is 163 cm³/mol. The zero-order chi connectivity index (χ0) is 49.3.